The summed E-state index contributed by atoms with van der Waals surface area (Å²) in [5.41, 5.74) is 8.32. The first-order chi connectivity index (χ1) is 10.7. The van der Waals surface area contributed by atoms with E-state index >= 15 is 0 Å². The number of aromatic nitrogens is 2. The summed E-state index contributed by atoms with van der Waals surface area (Å²) in [6.45, 7) is 4.48. The van der Waals surface area contributed by atoms with Crippen LogP contribution in [0.5, 0.6) is 0 Å². The summed E-state index contributed by atoms with van der Waals surface area (Å²) >= 11 is 6.24. The third-order valence-corrected chi connectivity index (χ3v) is 4.64. The second kappa shape index (κ2) is 6.69. The Labute approximate surface area is 136 Å². The van der Waals surface area contributed by atoms with Gasteiger partial charge in [-0.15, -0.1) is 0 Å². The molecule has 2 heterocycles. The number of hydrogen-bond donors (Lipinski definition) is 1. The second-order valence-electron chi connectivity index (χ2n) is 5.64. The molecule has 1 unspecified atom stereocenters. The molecule has 1 atom stereocenters. The standard InChI is InChI=1S/C16H22ClN5/c1-20-12-19-16(17)15(20)14(11-18)22-9-7-21(8-10-22)13-5-3-2-4-6-13/h2-6,12,14H,7-11,18H2,1H3. The first-order valence-corrected chi connectivity index (χ1v) is 7.99. The van der Waals surface area contributed by atoms with Crippen LogP contribution in [0.1, 0.15) is 11.7 Å². The maximum absolute atomic E-state index is 6.24. The number of para-hydroxylation sites is 1. The van der Waals surface area contributed by atoms with Crippen LogP contribution in [-0.4, -0.2) is 47.2 Å². The predicted octanol–water partition coefficient (Wildman–Crippen LogP) is 1.90. The summed E-state index contributed by atoms with van der Waals surface area (Å²) in [6, 6.07) is 10.7. The fourth-order valence-corrected chi connectivity index (χ4v) is 3.45. The van der Waals surface area contributed by atoms with Crippen LogP contribution in [0.25, 0.3) is 0 Å². The molecule has 0 spiro atoms. The Morgan fingerprint density at radius 2 is 1.86 bits per heavy atom. The number of benzene rings is 1. The van der Waals surface area contributed by atoms with E-state index < -0.39 is 0 Å². The van der Waals surface area contributed by atoms with Crippen molar-refractivity contribution in [2.24, 2.45) is 12.8 Å². The van der Waals surface area contributed by atoms with Crippen molar-refractivity contribution in [1.29, 1.82) is 0 Å². The summed E-state index contributed by atoms with van der Waals surface area (Å²) in [4.78, 5) is 8.99. The van der Waals surface area contributed by atoms with Gasteiger partial charge in [-0.2, -0.15) is 0 Å². The van der Waals surface area contributed by atoms with Crippen LogP contribution in [0.3, 0.4) is 0 Å². The quantitative estimate of drug-likeness (QED) is 0.935. The molecular weight excluding hydrogens is 298 g/mol. The number of imidazole rings is 1. The molecule has 1 aromatic carbocycles. The van der Waals surface area contributed by atoms with Gasteiger partial charge in [0.1, 0.15) is 0 Å². The van der Waals surface area contributed by atoms with Gasteiger partial charge < -0.3 is 15.2 Å². The minimum absolute atomic E-state index is 0.123. The van der Waals surface area contributed by atoms with Gasteiger partial charge in [-0.1, -0.05) is 29.8 Å². The van der Waals surface area contributed by atoms with Crippen LogP contribution in [-0.2, 0) is 7.05 Å². The van der Waals surface area contributed by atoms with Gasteiger partial charge in [-0.25, -0.2) is 4.98 Å². The van der Waals surface area contributed by atoms with E-state index in [1.165, 1.54) is 5.69 Å². The first kappa shape index (κ1) is 15.3. The number of rotatable bonds is 4. The second-order valence-corrected chi connectivity index (χ2v) is 6.00. The lowest BCUT2D eigenvalue weighted by molar-refractivity contribution is 0.184. The molecule has 1 aliphatic heterocycles. The van der Waals surface area contributed by atoms with E-state index in [-0.39, 0.29) is 6.04 Å². The molecule has 2 N–H and O–H groups in total. The number of aryl methyl sites for hydroxylation is 1. The van der Waals surface area contributed by atoms with Crippen LogP contribution in [0, 0.1) is 0 Å². The van der Waals surface area contributed by atoms with Gasteiger partial charge in [0.15, 0.2) is 5.15 Å². The fourth-order valence-electron chi connectivity index (χ4n) is 3.15. The zero-order chi connectivity index (χ0) is 15.5. The molecular formula is C16H22ClN5. The van der Waals surface area contributed by atoms with Crippen LogP contribution in [0.15, 0.2) is 36.7 Å². The van der Waals surface area contributed by atoms with E-state index in [0.29, 0.717) is 11.7 Å². The topological polar surface area (TPSA) is 50.3 Å². The number of anilines is 1. The Hall–Kier alpha value is -1.56. The lowest BCUT2D eigenvalue weighted by atomic mass is 10.1. The Bertz CT molecular complexity index is 585. The van der Waals surface area contributed by atoms with Crippen LogP contribution in [0.2, 0.25) is 5.15 Å². The van der Waals surface area contributed by atoms with E-state index in [9.17, 15) is 0 Å². The molecule has 5 nitrogen and oxygen atoms in total. The smallest absolute Gasteiger partial charge is 0.151 e. The third-order valence-electron chi connectivity index (χ3n) is 4.35. The highest BCUT2D eigenvalue weighted by Gasteiger charge is 2.27. The highest BCUT2D eigenvalue weighted by molar-refractivity contribution is 6.30. The average molecular weight is 320 g/mol. The summed E-state index contributed by atoms with van der Waals surface area (Å²) in [5.74, 6) is 0. The molecule has 0 saturated carbocycles. The van der Waals surface area contributed by atoms with Crippen LogP contribution >= 0.6 is 11.6 Å². The minimum atomic E-state index is 0.123. The number of hydrogen-bond acceptors (Lipinski definition) is 4. The van der Waals surface area contributed by atoms with Crippen LogP contribution in [0.4, 0.5) is 5.69 Å². The predicted molar refractivity (Wildman–Crippen MR) is 90.2 cm³/mol. The molecule has 1 aromatic heterocycles. The summed E-state index contributed by atoms with van der Waals surface area (Å²) in [7, 11) is 1.97. The van der Waals surface area contributed by atoms with Crippen LogP contribution < -0.4 is 10.6 Å². The summed E-state index contributed by atoms with van der Waals surface area (Å²) in [6.07, 6.45) is 1.75. The zero-order valence-electron chi connectivity index (χ0n) is 12.8. The van der Waals surface area contributed by atoms with Gasteiger partial charge in [-0.05, 0) is 12.1 Å². The molecule has 22 heavy (non-hydrogen) atoms. The monoisotopic (exact) mass is 319 g/mol. The van der Waals surface area contributed by atoms with E-state index in [1.807, 2.05) is 11.6 Å². The SMILES string of the molecule is Cn1cnc(Cl)c1C(CN)N1CCN(c2ccccc2)CC1. The Morgan fingerprint density at radius 1 is 1.18 bits per heavy atom. The van der Waals surface area contributed by atoms with E-state index in [4.69, 9.17) is 17.3 Å². The van der Waals surface area contributed by atoms with Gasteiger partial charge in [0.2, 0.25) is 0 Å². The van der Waals surface area contributed by atoms with E-state index in [0.717, 1.165) is 31.9 Å². The largest absolute Gasteiger partial charge is 0.369 e. The zero-order valence-corrected chi connectivity index (χ0v) is 13.6. The molecule has 0 amide bonds. The van der Waals surface area contributed by atoms with Crippen molar-refractivity contribution in [2.45, 2.75) is 6.04 Å². The van der Waals surface area contributed by atoms with Crippen molar-refractivity contribution in [3.63, 3.8) is 0 Å². The number of nitrogens with two attached hydrogens (primary N) is 1. The lowest BCUT2D eigenvalue weighted by Crippen LogP contribution is -2.49. The van der Waals surface area contributed by atoms with Gasteiger partial charge >= 0.3 is 0 Å². The van der Waals surface area contributed by atoms with Gasteiger partial charge in [0, 0.05) is 45.5 Å². The molecule has 2 aromatic rings. The van der Waals surface area contributed by atoms with E-state index in [1.54, 1.807) is 6.33 Å². The molecule has 1 fully saturated rings. The Kier molecular flexibility index (Phi) is 4.66. The minimum Gasteiger partial charge on any atom is -0.369 e. The van der Waals surface area contributed by atoms with Crippen molar-refractivity contribution < 1.29 is 0 Å². The maximum Gasteiger partial charge on any atom is 0.151 e. The van der Waals surface area contributed by atoms with E-state index in [2.05, 4.69) is 45.1 Å². The molecule has 0 radical (unpaired) electrons. The lowest BCUT2D eigenvalue weighted by Gasteiger charge is -2.40. The summed E-state index contributed by atoms with van der Waals surface area (Å²) in [5, 5.41) is 0.559. The highest BCUT2D eigenvalue weighted by atomic mass is 35.5. The molecule has 1 saturated heterocycles. The number of piperazine rings is 1. The molecule has 3 rings (SSSR count). The molecule has 0 bridgehead atoms. The van der Waals surface area contributed by atoms with Gasteiger partial charge in [0.25, 0.3) is 0 Å². The molecule has 6 heteroatoms. The number of halogens is 1. The average Bonchev–Trinajstić information content (AvgIpc) is 2.90. The van der Waals surface area contributed by atoms with Gasteiger partial charge in [-0.3, -0.25) is 4.90 Å². The normalized spacial score (nSPS) is 17.7. The summed E-state index contributed by atoms with van der Waals surface area (Å²) < 4.78 is 1.98. The fraction of sp³-hybridized carbons (Fsp3) is 0.438. The Balaban J connectivity index is 1.70. The Morgan fingerprint density at radius 3 is 2.41 bits per heavy atom. The van der Waals surface area contributed by atoms with Crippen molar-refractivity contribution >= 4 is 17.3 Å². The van der Waals surface area contributed by atoms with Crippen molar-refractivity contribution in [3.8, 4) is 0 Å². The van der Waals surface area contributed by atoms with Gasteiger partial charge in [0.05, 0.1) is 18.1 Å². The van der Waals surface area contributed by atoms with Crippen molar-refractivity contribution in [3.05, 3.63) is 47.5 Å². The number of nitrogens with zero attached hydrogens (tertiary/aromatic N) is 4. The maximum atomic E-state index is 6.24. The molecule has 1 aliphatic rings. The molecule has 118 valence electrons. The van der Waals surface area contributed by atoms with Crippen molar-refractivity contribution in [1.82, 2.24) is 14.5 Å². The highest BCUT2D eigenvalue weighted by Crippen LogP contribution is 2.27. The molecule has 0 aliphatic carbocycles. The first-order valence-electron chi connectivity index (χ1n) is 7.61. The third kappa shape index (κ3) is 2.97. The van der Waals surface area contributed by atoms with Crippen molar-refractivity contribution in [2.75, 3.05) is 37.6 Å².